The Morgan fingerprint density at radius 2 is 1.78 bits per heavy atom. The molecule has 1 aromatic heterocycles. The van der Waals surface area contributed by atoms with E-state index in [2.05, 4.69) is 38.0 Å². The van der Waals surface area contributed by atoms with Crippen LogP contribution in [0.5, 0.6) is 0 Å². The first-order valence-electron chi connectivity index (χ1n) is 6.55. The molecule has 0 bridgehead atoms. The monoisotopic (exact) mass is 252 g/mol. The van der Waals surface area contributed by atoms with E-state index in [4.69, 9.17) is 4.42 Å². The van der Waals surface area contributed by atoms with Gasteiger partial charge in [-0.2, -0.15) is 0 Å². The third-order valence-electron chi connectivity index (χ3n) is 3.32. The van der Waals surface area contributed by atoms with E-state index in [1.807, 2.05) is 0 Å². The van der Waals surface area contributed by atoms with E-state index in [-0.39, 0.29) is 5.91 Å². The Morgan fingerprint density at radius 1 is 1.22 bits per heavy atom. The Hall–Kier alpha value is -1.32. The molecule has 1 amide bonds. The second-order valence-electron chi connectivity index (χ2n) is 5.51. The lowest BCUT2D eigenvalue weighted by Gasteiger charge is -2.24. The number of hydrogen-bond donors (Lipinski definition) is 1. The molecule has 0 fully saturated rings. The van der Waals surface area contributed by atoms with Gasteiger partial charge in [0.15, 0.2) is 5.89 Å². The van der Waals surface area contributed by atoms with Crippen molar-refractivity contribution >= 4 is 5.91 Å². The first kappa shape index (κ1) is 14.7. The van der Waals surface area contributed by atoms with Crippen molar-refractivity contribution in [3.63, 3.8) is 0 Å². The number of aromatic nitrogens is 1. The minimum Gasteiger partial charge on any atom is -0.436 e. The van der Waals surface area contributed by atoms with Crippen LogP contribution in [0.15, 0.2) is 4.42 Å². The third-order valence-corrected chi connectivity index (χ3v) is 3.32. The van der Waals surface area contributed by atoms with Crippen molar-refractivity contribution in [1.82, 2.24) is 10.3 Å². The first-order valence-corrected chi connectivity index (χ1v) is 6.55. The van der Waals surface area contributed by atoms with Gasteiger partial charge in [0.2, 0.25) is 5.76 Å². The van der Waals surface area contributed by atoms with Gasteiger partial charge in [0, 0.05) is 13.5 Å². The molecular formula is C14H24N2O2. The highest BCUT2D eigenvalue weighted by atomic mass is 16.4. The maximum Gasteiger partial charge on any atom is 0.289 e. The number of rotatable bonds is 5. The Bertz CT molecular complexity index is 400. The summed E-state index contributed by atoms with van der Waals surface area (Å²) in [6, 6.07) is 0. The maximum atomic E-state index is 12.0. The van der Waals surface area contributed by atoms with E-state index in [0.29, 0.717) is 41.6 Å². The van der Waals surface area contributed by atoms with Gasteiger partial charge in [-0.25, -0.2) is 4.98 Å². The number of carbonyl (C=O) groups is 1. The number of nitrogens with one attached hydrogen (secondary N) is 1. The average Bonchev–Trinajstić information content (AvgIpc) is 2.56. The lowest BCUT2D eigenvalue weighted by molar-refractivity contribution is 0.0907. The van der Waals surface area contributed by atoms with Gasteiger partial charge in [0.1, 0.15) is 0 Å². The van der Waals surface area contributed by atoms with E-state index in [1.54, 1.807) is 13.8 Å². The molecule has 0 spiro atoms. The van der Waals surface area contributed by atoms with Crippen LogP contribution in [-0.2, 0) is 0 Å². The zero-order valence-corrected chi connectivity index (χ0v) is 12.2. The minimum atomic E-state index is -0.167. The SMILES string of the molecule is Cc1nc(C)c(C(=O)NCC(C(C)C)C(C)C)o1. The fourth-order valence-corrected chi connectivity index (χ4v) is 2.27. The highest BCUT2D eigenvalue weighted by molar-refractivity contribution is 5.92. The van der Waals surface area contributed by atoms with Crippen LogP contribution in [0.25, 0.3) is 0 Å². The number of aryl methyl sites for hydroxylation is 2. The largest absolute Gasteiger partial charge is 0.436 e. The van der Waals surface area contributed by atoms with Crippen molar-refractivity contribution in [3.05, 3.63) is 17.3 Å². The van der Waals surface area contributed by atoms with E-state index in [0.717, 1.165) is 0 Å². The van der Waals surface area contributed by atoms with Crippen LogP contribution < -0.4 is 5.32 Å². The summed E-state index contributed by atoms with van der Waals surface area (Å²) in [7, 11) is 0. The first-order chi connectivity index (χ1) is 8.32. The van der Waals surface area contributed by atoms with Crippen LogP contribution in [-0.4, -0.2) is 17.4 Å². The molecule has 4 nitrogen and oxygen atoms in total. The van der Waals surface area contributed by atoms with E-state index in [9.17, 15) is 4.79 Å². The predicted octanol–water partition coefficient (Wildman–Crippen LogP) is 2.95. The molecule has 18 heavy (non-hydrogen) atoms. The molecule has 1 heterocycles. The molecule has 1 N–H and O–H groups in total. The lowest BCUT2D eigenvalue weighted by atomic mass is 9.85. The van der Waals surface area contributed by atoms with Crippen LogP contribution in [0.3, 0.4) is 0 Å². The van der Waals surface area contributed by atoms with Gasteiger partial charge in [0.05, 0.1) is 5.69 Å². The normalized spacial score (nSPS) is 11.6. The third kappa shape index (κ3) is 3.59. The molecule has 1 rings (SSSR count). The van der Waals surface area contributed by atoms with Crippen LogP contribution in [0.4, 0.5) is 0 Å². The van der Waals surface area contributed by atoms with Crippen molar-refractivity contribution in [2.75, 3.05) is 6.54 Å². The van der Waals surface area contributed by atoms with Crippen LogP contribution in [0.2, 0.25) is 0 Å². The van der Waals surface area contributed by atoms with Crippen LogP contribution in [0.1, 0.15) is 49.8 Å². The molecule has 102 valence electrons. The second-order valence-corrected chi connectivity index (χ2v) is 5.51. The molecule has 0 atom stereocenters. The summed E-state index contributed by atoms with van der Waals surface area (Å²) < 4.78 is 5.31. The maximum absolute atomic E-state index is 12.0. The molecule has 0 aliphatic heterocycles. The Morgan fingerprint density at radius 3 is 2.17 bits per heavy atom. The van der Waals surface area contributed by atoms with Crippen molar-refractivity contribution < 1.29 is 9.21 Å². The number of nitrogens with zero attached hydrogens (tertiary/aromatic N) is 1. The number of carbonyl (C=O) groups excluding carboxylic acids is 1. The zero-order valence-electron chi connectivity index (χ0n) is 12.2. The van der Waals surface area contributed by atoms with Crippen molar-refractivity contribution in [2.24, 2.45) is 17.8 Å². The summed E-state index contributed by atoms with van der Waals surface area (Å²) in [6.45, 7) is 12.9. The quantitative estimate of drug-likeness (QED) is 0.876. The topological polar surface area (TPSA) is 55.1 Å². The second kappa shape index (κ2) is 6.03. The standard InChI is InChI=1S/C14H24N2O2/c1-8(2)12(9(3)4)7-15-14(17)13-10(5)16-11(6)18-13/h8-9,12H,7H2,1-6H3,(H,15,17). The summed E-state index contributed by atoms with van der Waals surface area (Å²) in [5.41, 5.74) is 0.649. The predicted molar refractivity (Wildman–Crippen MR) is 71.5 cm³/mol. The minimum absolute atomic E-state index is 0.167. The lowest BCUT2D eigenvalue weighted by Crippen LogP contribution is -2.34. The highest BCUT2D eigenvalue weighted by Gasteiger charge is 2.21. The summed E-state index contributed by atoms with van der Waals surface area (Å²) in [5, 5.41) is 2.94. The van der Waals surface area contributed by atoms with Crippen molar-refractivity contribution in [3.8, 4) is 0 Å². The fraction of sp³-hybridized carbons (Fsp3) is 0.714. The van der Waals surface area contributed by atoms with Crippen molar-refractivity contribution in [1.29, 1.82) is 0 Å². The molecule has 0 radical (unpaired) electrons. The Labute approximate surface area is 109 Å². The molecule has 0 aromatic carbocycles. The van der Waals surface area contributed by atoms with Gasteiger partial charge >= 0.3 is 0 Å². The molecule has 0 aliphatic carbocycles. The molecule has 4 heteroatoms. The molecule has 1 aromatic rings. The number of hydrogen-bond acceptors (Lipinski definition) is 3. The van der Waals surface area contributed by atoms with E-state index in [1.165, 1.54) is 0 Å². The molecule has 0 saturated carbocycles. The Balaban J connectivity index is 2.63. The fourth-order valence-electron chi connectivity index (χ4n) is 2.27. The van der Waals surface area contributed by atoms with Crippen molar-refractivity contribution in [2.45, 2.75) is 41.5 Å². The van der Waals surface area contributed by atoms with Gasteiger partial charge in [-0.3, -0.25) is 4.79 Å². The smallest absolute Gasteiger partial charge is 0.289 e. The number of amides is 1. The molecule has 0 aliphatic rings. The molecular weight excluding hydrogens is 228 g/mol. The van der Waals surface area contributed by atoms with Gasteiger partial charge in [-0.05, 0) is 24.7 Å². The van der Waals surface area contributed by atoms with E-state index >= 15 is 0 Å². The van der Waals surface area contributed by atoms with Gasteiger partial charge < -0.3 is 9.73 Å². The van der Waals surface area contributed by atoms with Crippen LogP contribution >= 0.6 is 0 Å². The average molecular weight is 252 g/mol. The number of oxazole rings is 1. The molecule has 0 unspecified atom stereocenters. The Kier molecular flexibility index (Phi) is 4.93. The summed E-state index contributed by atoms with van der Waals surface area (Å²) in [4.78, 5) is 16.1. The zero-order chi connectivity index (χ0) is 13.9. The van der Waals surface area contributed by atoms with Gasteiger partial charge in [-0.15, -0.1) is 0 Å². The van der Waals surface area contributed by atoms with E-state index < -0.39 is 0 Å². The van der Waals surface area contributed by atoms with Gasteiger partial charge in [-0.1, -0.05) is 27.7 Å². The summed E-state index contributed by atoms with van der Waals surface area (Å²) in [6.07, 6.45) is 0. The molecule has 0 saturated heterocycles. The van der Waals surface area contributed by atoms with Crippen LogP contribution in [0, 0.1) is 31.6 Å². The van der Waals surface area contributed by atoms with Gasteiger partial charge in [0.25, 0.3) is 5.91 Å². The summed E-state index contributed by atoms with van der Waals surface area (Å²) in [5.74, 6) is 2.25. The highest BCUT2D eigenvalue weighted by Crippen LogP contribution is 2.19. The summed E-state index contributed by atoms with van der Waals surface area (Å²) >= 11 is 0.